The second-order valence-electron chi connectivity index (χ2n) is 5.88. The normalized spacial score (nSPS) is 21.1. The van der Waals surface area contributed by atoms with Crippen LogP contribution >= 0.6 is 24.8 Å². The minimum absolute atomic E-state index is 0. The van der Waals surface area contributed by atoms with Crippen LogP contribution in [0.25, 0.3) is 0 Å². The molecule has 1 N–H and O–H groups in total. The molecule has 0 radical (unpaired) electrons. The van der Waals surface area contributed by atoms with Gasteiger partial charge in [0.2, 0.25) is 0 Å². The zero-order valence-corrected chi connectivity index (χ0v) is 14.6. The molecule has 1 aromatic rings. The zero-order chi connectivity index (χ0) is 14.7. The fourth-order valence-corrected chi connectivity index (χ4v) is 3.52. The summed E-state index contributed by atoms with van der Waals surface area (Å²) in [4.78, 5) is 2.36. The van der Waals surface area contributed by atoms with Gasteiger partial charge < -0.3 is 10.1 Å². The molecule has 0 saturated carbocycles. The monoisotopic (exact) mass is 368 g/mol. The van der Waals surface area contributed by atoms with Gasteiger partial charge in [-0.25, -0.2) is 8.78 Å². The number of piperazine rings is 1. The first kappa shape index (κ1) is 20.6. The summed E-state index contributed by atoms with van der Waals surface area (Å²) in [5.74, 6) is -0.576. The van der Waals surface area contributed by atoms with Gasteiger partial charge in [-0.2, -0.15) is 0 Å². The number of nitrogens with one attached hydrogen (secondary N) is 1. The minimum Gasteiger partial charge on any atom is -0.381 e. The van der Waals surface area contributed by atoms with E-state index >= 15 is 0 Å². The zero-order valence-electron chi connectivity index (χ0n) is 13.0. The lowest BCUT2D eigenvalue weighted by Gasteiger charge is -2.41. The van der Waals surface area contributed by atoms with Crippen molar-refractivity contribution < 1.29 is 13.5 Å². The van der Waals surface area contributed by atoms with Gasteiger partial charge in [-0.05, 0) is 36.5 Å². The molecule has 0 aromatic heterocycles. The molecule has 3 rings (SSSR count). The molecule has 3 nitrogen and oxygen atoms in total. The van der Waals surface area contributed by atoms with Crippen molar-refractivity contribution in [2.75, 3.05) is 39.4 Å². The van der Waals surface area contributed by atoms with Crippen LogP contribution in [-0.4, -0.2) is 44.3 Å². The molecule has 0 unspecified atom stereocenters. The van der Waals surface area contributed by atoms with Crippen LogP contribution in [0.3, 0.4) is 0 Å². The fraction of sp³-hybridized carbons (Fsp3) is 0.625. The second kappa shape index (κ2) is 9.74. The molecule has 132 valence electrons. The third-order valence-corrected chi connectivity index (χ3v) is 4.48. The Labute approximate surface area is 148 Å². The summed E-state index contributed by atoms with van der Waals surface area (Å²) in [7, 11) is 0. The van der Waals surface area contributed by atoms with E-state index in [2.05, 4.69) is 10.2 Å². The lowest BCUT2D eigenvalue weighted by molar-refractivity contribution is 0.0211. The highest BCUT2D eigenvalue weighted by molar-refractivity contribution is 5.85. The van der Waals surface area contributed by atoms with Crippen LogP contribution in [0.15, 0.2) is 18.2 Å². The molecule has 0 bridgehead atoms. The molecule has 2 saturated heterocycles. The Bertz CT molecular complexity index is 443. The van der Waals surface area contributed by atoms with Gasteiger partial charge in [0.15, 0.2) is 0 Å². The maximum Gasteiger partial charge on any atom is 0.126 e. The molecule has 1 aromatic carbocycles. The van der Waals surface area contributed by atoms with E-state index in [0.717, 1.165) is 63.9 Å². The molecule has 2 aliphatic heterocycles. The van der Waals surface area contributed by atoms with Crippen molar-refractivity contribution in [2.24, 2.45) is 5.92 Å². The molecule has 1 atom stereocenters. The van der Waals surface area contributed by atoms with Crippen LogP contribution in [-0.2, 0) is 4.74 Å². The van der Waals surface area contributed by atoms with Crippen molar-refractivity contribution in [3.63, 3.8) is 0 Å². The van der Waals surface area contributed by atoms with Crippen molar-refractivity contribution in [3.8, 4) is 0 Å². The number of rotatable bonds is 3. The van der Waals surface area contributed by atoms with Gasteiger partial charge in [-0.15, -0.1) is 24.8 Å². The molecule has 2 aliphatic rings. The number of hydrogen-bond acceptors (Lipinski definition) is 3. The van der Waals surface area contributed by atoms with Gasteiger partial charge in [-0.3, -0.25) is 4.90 Å². The Morgan fingerprint density at radius 2 is 1.57 bits per heavy atom. The van der Waals surface area contributed by atoms with Crippen LogP contribution in [0.4, 0.5) is 8.78 Å². The van der Waals surface area contributed by atoms with E-state index in [1.165, 1.54) is 12.1 Å². The van der Waals surface area contributed by atoms with E-state index in [1.54, 1.807) is 0 Å². The van der Waals surface area contributed by atoms with Gasteiger partial charge in [0, 0.05) is 51.5 Å². The van der Waals surface area contributed by atoms with Crippen LogP contribution in [0, 0.1) is 17.6 Å². The van der Waals surface area contributed by atoms with Crippen LogP contribution in [0.2, 0.25) is 0 Å². The third kappa shape index (κ3) is 5.26. The molecule has 0 aliphatic carbocycles. The van der Waals surface area contributed by atoms with Crippen molar-refractivity contribution in [3.05, 3.63) is 35.4 Å². The van der Waals surface area contributed by atoms with E-state index in [9.17, 15) is 8.78 Å². The highest BCUT2D eigenvalue weighted by Gasteiger charge is 2.31. The maximum absolute atomic E-state index is 13.6. The number of hydrogen-bond donors (Lipinski definition) is 1. The average Bonchev–Trinajstić information content (AvgIpc) is 2.49. The highest BCUT2D eigenvalue weighted by atomic mass is 35.5. The van der Waals surface area contributed by atoms with E-state index in [-0.39, 0.29) is 30.9 Å². The van der Waals surface area contributed by atoms with Crippen LogP contribution < -0.4 is 5.32 Å². The predicted octanol–water partition coefficient (Wildman–Crippen LogP) is 3.18. The number of halogens is 4. The largest absolute Gasteiger partial charge is 0.381 e. The molecule has 23 heavy (non-hydrogen) atoms. The first-order valence-corrected chi connectivity index (χ1v) is 7.72. The minimum atomic E-state index is -0.489. The van der Waals surface area contributed by atoms with Crippen molar-refractivity contribution >= 4 is 24.8 Å². The van der Waals surface area contributed by atoms with Gasteiger partial charge in [0.05, 0.1) is 0 Å². The predicted molar refractivity (Wildman–Crippen MR) is 91.6 cm³/mol. The molecule has 2 heterocycles. The Morgan fingerprint density at radius 1 is 1.00 bits per heavy atom. The summed E-state index contributed by atoms with van der Waals surface area (Å²) in [6, 6.07) is 4.01. The molecule has 2 fully saturated rings. The lowest BCUT2D eigenvalue weighted by Crippen LogP contribution is -2.47. The molecular formula is C16H24Cl2F2N2O. The lowest BCUT2D eigenvalue weighted by atomic mass is 9.85. The fourth-order valence-electron chi connectivity index (χ4n) is 3.52. The van der Waals surface area contributed by atoms with E-state index in [4.69, 9.17) is 4.74 Å². The summed E-state index contributed by atoms with van der Waals surface area (Å²) in [5.41, 5.74) is 0.765. The first-order valence-electron chi connectivity index (χ1n) is 7.72. The van der Waals surface area contributed by atoms with E-state index in [0.29, 0.717) is 5.92 Å². The molecule has 0 spiro atoms. The third-order valence-electron chi connectivity index (χ3n) is 4.48. The number of nitrogens with zero attached hydrogens (tertiary/aromatic N) is 1. The van der Waals surface area contributed by atoms with Gasteiger partial charge >= 0.3 is 0 Å². The van der Waals surface area contributed by atoms with Gasteiger partial charge in [0.25, 0.3) is 0 Å². The smallest absolute Gasteiger partial charge is 0.126 e. The maximum atomic E-state index is 13.6. The summed E-state index contributed by atoms with van der Waals surface area (Å²) in [5, 5.41) is 3.33. The van der Waals surface area contributed by atoms with E-state index < -0.39 is 11.6 Å². The topological polar surface area (TPSA) is 24.5 Å². The van der Waals surface area contributed by atoms with Crippen LogP contribution in [0.1, 0.15) is 24.4 Å². The Hall–Kier alpha value is -0.460. The number of ether oxygens (including phenoxy) is 1. The average molecular weight is 369 g/mol. The van der Waals surface area contributed by atoms with Gasteiger partial charge in [-0.1, -0.05) is 0 Å². The quantitative estimate of drug-likeness (QED) is 0.886. The van der Waals surface area contributed by atoms with Crippen molar-refractivity contribution in [2.45, 2.75) is 18.9 Å². The second-order valence-corrected chi connectivity index (χ2v) is 5.88. The van der Waals surface area contributed by atoms with Gasteiger partial charge in [0.1, 0.15) is 11.6 Å². The molecule has 0 amide bonds. The Morgan fingerprint density at radius 3 is 2.13 bits per heavy atom. The summed E-state index contributed by atoms with van der Waals surface area (Å²) < 4.78 is 32.7. The summed E-state index contributed by atoms with van der Waals surface area (Å²) in [6.45, 7) is 5.17. The SMILES string of the molecule is Cl.Cl.Fc1cc(F)cc([C@H](C2CCOCC2)N2CCNCC2)c1. The summed E-state index contributed by atoms with van der Waals surface area (Å²) >= 11 is 0. The Kier molecular flexibility index (Phi) is 8.72. The van der Waals surface area contributed by atoms with Crippen molar-refractivity contribution in [1.29, 1.82) is 0 Å². The highest BCUT2D eigenvalue weighted by Crippen LogP contribution is 2.35. The van der Waals surface area contributed by atoms with Crippen molar-refractivity contribution in [1.82, 2.24) is 10.2 Å². The standard InChI is InChI=1S/C16H22F2N2O.2ClH/c17-14-9-13(10-15(18)11-14)16(12-1-7-21-8-2-12)20-5-3-19-4-6-20;;/h9-12,16,19H,1-8H2;2*1H/t16-;;/m0../s1. The molecule has 7 heteroatoms. The Balaban J connectivity index is 0.00000132. The van der Waals surface area contributed by atoms with E-state index in [1.807, 2.05) is 0 Å². The number of benzene rings is 1. The first-order chi connectivity index (χ1) is 10.2. The summed E-state index contributed by atoms with van der Waals surface area (Å²) in [6.07, 6.45) is 1.90. The van der Waals surface area contributed by atoms with Crippen LogP contribution in [0.5, 0.6) is 0 Å². The molecular weight excluding hydrogens is 345 g/mol.